The molecule has 2 fully saturated rings. The van der Waals surface area contributed by atoms with E-state index in [0.29, 0.717) is 25.8 Å². The molecule has 1 aliphatic carbocycles. The highest BCUT2D eigenvalue weighted by atomic mass is 32.2. The topological polar surface area (TPSA) is 82.0 Å². The van der Waals surface area contributed by atoms with Crippen LogP contribution in [0.5, 0.6) is 0 Å². The summed E-state index contributed by atoms with van der Waals surface area (Å²) < 4.78 is 28.2. The summed E-state index contributed by atoms with van der Waals surface area (Å²) in [6.45, 7) is 15.8. The highest BCUT2D eigenvalue weighted by molar-refractivity contribution is 7.90. The fourth-order valence-electron chi connectivity index (χ4n) is 4.62. The molecular formula is C20H35N3O3S. The lowest BCUT2D eigenvalue weighted by atomic mass is 9.79. The number of hydrogen-bond acceptors (Lipinski definition) is 5. The first kappa shape index (κ1) is 20.8. The fraction of sp³-hybridized carbons (Fsp3) is 0.850. The maximum atomic E-state index is 12.7. The Labute approximate surface area is 164 Å². The summed E-state index contributed by atoms with van der Waals surface area (Å²) in [5, 5.41) is 9.00. The monoisotopic (exact) mass is 397 g/mol. The van der Waals surface area contributed by atoms with Gasteiger partial charge in [-0.2, -0.15) is 0 Å². The number of aliphatic imine (C=N–C) groups is 1. The Morgan fingerprint density at radius 3 is 2.19 bits per heavy atom. The lowest BCUT2D eigenvalue weighted by molar-refractivity contribution is 0.0972. The number of hydrogen-bond donors (Lipinski definition) is 2. The van der Waals surface area contributed by atoms with Crippen molar-refractivity contribution in [1.82, 2.24) is 9.62 Å². The minimum atomic E-state index is -3.40. The molecule has 0 aromatic heterocycles. The van der Waals surface area contributed by atoms with Crippen LogP contribution in [-0.4, -0.2) is 54.2 Å². The first-order valence-electron chi connectivity index (χ1n) is 9.98. The number of amidine groups is 1. The minimum Gasteiger partial charge on any atom is -0.393 e. The third kappa shape index (κ3) is 3.96. The zero-order valence-corrected chi connectivity index (χ0v) is 18.5. The summed E-state index contributed by atoms with van der Waals surface area (Å²) in [6.07, 6.45) is 0.902. The van der Waals surface area contributed by atoms with Crippen molar-refractivity contribution in [3.63, 3.8) is 0 Å². The molecule has 1 saturated heterocycles. The Bertz CT molecular complexity index is 765. The Balaban J connectivity index is 1.90. The molecule has 2 N–H and O–H groups in total. The van der Waals surface area contributed by atoms with E-state index in [4.69, 9.17) is 4.99 Å². The summed E-state index contributed by atoms with van der Waals surface area (Å²) in [7, 11) is -3.40. The van der Waals surface area contributed by atoms with E-state index in [9.17, 15) is 13.5 Å². The molecule has 0 spiro atoms. The molecule has 0 aromatic rings. The average Bonchev–Trinajstić information content (AvgIpc) is 2.81. The van der Waals surface area contributed by atoms with E-state index in [-0.39, 0.29) is 22.9 Å². The molecule has 3 aliphatic rings. The van der Waals surface area contributed by atoms with Crippen molar-refractivity contribution >= 4 is 15.9 Å². The van der Waals surface area contributed by atoms with Crippen LogP contribution < -0.4 is 4.72 Å². The second kappa shape index (κ2) is 6.56. The molecule has 6 nitrogen and oxygen atoms in total. The Hall–Kier alpha value is -0.920. The fourth-order valence-corrected chi connectivity index (χ4v) is 6.39. The van der Waals surface area contributed by atoms with E-state index in [1.807, 2.05) is 0 Å². The van der Waals surface area contributed by atoms with Crippen molar-refractivity contribution in [3.05, 3.63) is 11.3 Å². The molecule has 3 rings (SSSR count). The quantitative estimate of drug-likeness (QED) is 0.767. The highest BCUT2D eigenvalue weighted by Crippen LogP contribution is 2.43. The predicted octanol–water partition coefficient (Wildman–Crippen LogP) is 2.65. The van der Waals surface area contributed by atoms with E-state index in [0.717, 1.165) is 5.84 Å². The van der Waals surface area contributed by atoms with Gasteiger partial charge in [0.1, 0.15) is 5.84 Å². The normalized spacial score (nSPS) is 32.3. The number of nitrogens with one attached hydrogen (secondary N) is 1. The van der Waals surface area contributed by atoms with E-state index < -0.39 is 21.4 Å². The number of nitrogens with zero attached hydrogens (tertiary/aromatic N) is 2. The molecule has 0 amide bonds. The molecule has 0 radical (unpaired) electrons. The molecule has 2 heterocycles. The van der Waals surface area contributed by atoms with Gasteiger partial charge >= 0.3 is 0 Å². The van der Waals surface area contributed by atoms with Crippen molar-refractivity contribution in [2.45, 2.75) is 91.2 Å². The first-order valence-corrected chi connectivity index (χ1v) is 11.5. The van der Waals surface area contributed by atoms with Gasteiger partial charge in [0.05, 0.1) is 17.4 Å². The Kier molecular flexibility index (Phi) is 5.06. The Morgan fingerprint density at radius 1 is 1.11 bits per heavy atom. The van der Waals surface area contributed by atoms with Crippen LogP contribution in [0.2, 0.25) is 0 Å². The Morgan fingerprint density at radius 2 is 1.70 bits per heavy atom. The standard InChI is InChI=1S/C20H35N3O3S/c1-12-17(19(2,3)4)16-8-13(11-23(16)18(21-12)20(5,6)7)22-27(25,26)15-9-14(24)10-15/h12-15,22,24H,8-11H2,1-7H3/t12-,13-,14?,15?/m0/s1. The van der Waals surface area contributed by atoms with Crippen LogP contribution in [0.25, 0.3) is 0 Å². The van der Waals surface area contributed by atoms with Gasteiger partial charge in [0, 0.05) is 30.1 Å². The molecule has 2 aliphatic heterocycles. The van der Waals surface area contributed by atoms with E-state index in [2.05, 4.69) is 58.1 Å². The first-order chi connectivity index (χ1) is 12.2. The molecule has 27 heavy (non-hydrogen) atoms. The maximum absolute atomic E-state index is 12.7. The van der Waals surface area contributed by atoms with Crippen LogP contribution in [0.1, 0.15) is 67.7 Å². The number of rotatable bonds is 3. The van der Waals surface area contributed by atoms with Gasteiger partial charge in [-0.25, -0.2) is 13.1 Å². The van der Waals surface area contributed by atoms with Crippen molar-refractivity contribution in [2.75, 3.05) is 6.54 Å². The van der Waals surface area contributed by atoms with Gasteiger partial charge in [0.15, 0.2) is 0 Å². The van der Waals surface area contributed by atoms with Gasteiger partial charge in [-0.05, 0) is 30.8 Å². The van der Waals surface area contributed by atoms with Gasteiger partial charge < -0.3 is 10.0 Å². The molecule has 0 bridgehead atoms. The van der Waals surface area contributed by atoms with Crippen molar-refractivity contribution in [2.24, 2.45) is 15.8 Å². The van der Waals surface area contributed by atoms with Crippen LogP contribution in [0.3, 0.4) is 0 Å². The third-order valence-electron chi connectivity index (χ3n) is 5.79. The number of aliphatic hydroxyl groups is 1. The zero-order chi connectivity index (χ0) is 20.4. The third-order valence-corrected chi connectivity index (χ3v) is 7.71. The van der Waals surface area contributed by atoms with E-state index in [1.165, 1.54) is 11.3 Å². The largest absolute Gasteiger partial charge is 0.393 e. The van der Waals surface area contributed by atoms with Crippen LogP contribution in [0, 0.1) is 10.8 Å². The number of fused-ring (bicyclic) bond motifs is 1. The molecule has 1 saturated carbocycles. The van der Waals surface area contributed by atoms with Crippen LogP contribution in [0.4, 0.5) is 0 Å². The molecule has 7 heteroatoms. The average molecular weight is 398 g/mol. The van der Waals surface area contributed by atoms with Gasteiger partial charge in [-0.3, -0.25) is 4.99 Å². The second-order valence-electron chi connectivity index (χ2n) is 10.4. The summed E-state index contributed by atoms with van der Waals surface area (Å²) >= 11 is 0. The summed E-state index contributed by atoms with van der Waals surface area (Å²) in [5.41, 5.74) is 2.41. The molecular weight excluding hydrogens is 362 g/mol. The van der Waals surface area contributed by atoms with Crippen LogP contribution >= 0.6 is 0 Å². The lowest BCUT2D eigenvalue weighted by Crippen LogP contribution is -2.49. The minimum absolute atomic E-state index is 0.0221. The van der Waals surface area contributed by atoms with Gasteiger partial charge in [-0.15, -0.1) is 0 Å². The molecule has 0 aromatic carbocycles. The van der Waals surface area contributed by atoms with Gasteiger partial charge in [0.25, 0.3) is 0 Å². The second-order valence-corrected chi connectivity index (χ2v) is 12.4. The van der Waals surface area contributed by atoms with E-state index >= 15 is 0 Å². The molecule has 2 atom stereocenters. The maximum Gasteiger partial charge on any atom is 0.215 e. The van der Waals surface area contributed by atoms with Crippen molar-refractivity contribution in [1.29, 1.82) is 0 Å². The SMILES string of the molecule is C[C@@H]1N=C(C(C)(C)C)N2C[C@@H](NS(=O)(=O)C3CC(O)C3)CC2=C1C(C)(C)C. The number of sulfonamides is 1. The van der Waals surface area contributed by atoms with Gasteiger partial charge in [0.2, 0.25) is 10.0 Å². The van der Waals surface area contributed by atoms with Gasteiger partial charge in [-0.1, -0.05) is 41.5 Å². The van der Waals surface area contributed by atoms with Crippen LogP contribution in [0.15, 0.2) is 16.3 Å². The van der Waals surface area contributed by atoms with Crippen molar-refractivity contribution in [3.8, 4) is 0 Å². The summed E-state index contributed by atoms with van der Waals surface area (Å²) in [4.78, 5) is 7.28. The summed E-state index contributed by atoms with van der Waals surface area (Å²) in [6, 6.07) is -0.0550. The number of aliphatic hydroxyl groups excluding tert-OH is 1. The van der Waals surface area contributed by atoms with Crippen molar-refractivity contribution < 1.29 is 13.5 Å². The summed E-state index contributed by atoms with van der Waals surface area (Å²) in [5.74, 6) is 1.04. The zero-order valence-electron chi connectivity index (χ0n) is 17.7. The highest BCUT2D eigenvalue weighted by Gasteiger charge is 2.45. The smallest absolute Gasteiger partial charge is 0.215 e. The molecule has 0 unspecified atom stereocenters. The lowest BCUT2D eigenvalue weighted by Gasteiger charge is -2.41. The predicted molar refractivity (Wildman–Crippen MR) is 109 cm³/mol. The van der Waals surface area contributed by atoms with E-state index in [1.54, 1.807) is 0 Å². The molecule has 154 valence electrons. The van der Waals surface area contributed by atoms with Crippen LogP contribution in [-0.2, 0) is 10.0 Å².